The van der Waals surface area contributed by atoms with Gasteiger partial charge in [0.25, 0.3) is 0 Å². The molecule has 1 aliphatic heterocycles. The Bertz CT molecular complexity index is 587. The molecule has 0 bridgehead atoms. The SMILES string of the molecule is CC(O)(CNC1CCN(CCc2ccccc2)CC1)c1ccco1. The van der Waals surface area contributed by atoms with E-state index in [1.54, 1.807) is 13.2 Å². The lowest BCUT2D eigenvalue weighted by Gasteiger charge is -2.34. The number of furan rings is 1. The van der Waals surface area contributed by atoms with Crippen molar-refractivity contribution < 1.29 is 9.52 Å². The Kier molecular flexibility index (Phi) is 5.72. The van der Waals surface area contributed by atoms with Crippen LogP contribution in [-0.2, 0) is 12.0 Å². The van der Waals surface area contributed by atoms with Gasteiger partial charge in [-0.3, -0.25) is 0 Å². The van der Waals surface area contributed by atoms with E-state index in [1.165, 1.54) is 5.56 Å². The van der Waals surface area contributed by atoms with E-state index < -0.39 is 5.60 Å². The molecule has 4 nitrogen and oxygen atoms in total. The Hall–Kier alpha value is -1.62. The lowest BCUT2D eigenvalue weighted by molar-refractivity contribution is 0.0288. The molecule has 1 aliphatic rings. The largest absolute Gasteiger partial charge is 0.466 e. The van der Waals surface area contributed by atoms with Gasteiger partial charge in [0.1, 0.15) is 11.4 Å². The third-order valence-corrected chi connectivity index (χ3v) is 4.93. The smallest absolute Gasteiger partial charge is 0.136 e. The Morgan fingerprint density at radius 3 is 2.58 bits per heavy atom. The molecule has 1 unspecified atom stereocenters. The van der Waals surface area contributed by atoms with Crippen LogP contribution in [0, 0.1) is 0 Å². The molecule has 0 saturated carbocycles. The maximum atomic E-state index is 10.5. The van der Waals surface area contributed by atoms with Crippen LogP contribution in [0.4, 0.5) is 0 Å². The minimum atomic E-state index is -0.950. The number of hydrogen-bond donors (Lipinski definition) is 2. The van der Waals surface area contributed by atoms with E-state index in [9.17, 15) is 5.11 Å². The average Bonchev–Trinajstić information content (AvgIpc) is 3.16. The van der Waals surface area contributed by atoms with Crippen molar-refractivity contribution in [1.29, 1.82) is 0 Å². The molecule has 130 valence electrons. The summed E-state index contributed by atoms with van der Waals surface area (Å²) in [5, 5.41) is 14.0. The monoisotopic (exact) mass is 328 g/mol. The van der Waals surface area contributed by atoms with Crippen LogP contribution in [-0.4, -0.2) is 42.2 Å². The highest BCUT2D eigenvalue weighted by molar-refractivity contribution is 5.15. The predicted octanol–water partition coefficient (Wildman–Crippen LogP) is 2.78. The minimum Gasteiger partial charge on any atom is -0.466 e. The summed E-state index contributed by atoms with van der Waals surface area (Å²) >= 11 is 0. The van der Waals surface area contributed by atoms with Gasteiger partial charge in [-0.25, -0.2) is 0 Å². The maximum absolute atomic E-state index is 10.5. The van der Waals surface area contributed by atoms with Crippen LogP contribution in [0.25, 0.3) is 0 Å². The Morgan fingerprint density at radius 1 is 1.17 bits per heavy atom. The fraction of sp³-hybridized carbons (Fsp3) is 0.500. The summed E-state index contributed by atoms with van der Waals surface area (Å²) in [5.74, 6) is 0.621. The van der Waals surface area contributed by atoms with Crippen molar-refractivity contribution in [2.45, 2.75) is 37.8 Å². The average molecular weight is 328 g/mol. The number of nitrogens with zero attached hydrogens (tertiary/aromatic N) is 1. The zero-order chi connectivity index (χ0) is 16.8. The first-order chi connectivity index (χ1) is 11.6. The molecule has 3 rings (SSSR count). The molecule has 2 N–H and O–H groups in total. The van der Waals surface area contributed by atoms with Gasteiger partial charge in [0.15, 0.2) is 0 Å². The van der Waals surface area contributed by atoms with Gasteiger partial charge in [0.05, 0.1) is 6.26 Å². The summed E-state index contributed by atoms with van der Waals surface area (Å²) in [6.07, 6.45) is 4.98. The standard InChI is InChI=1S/C20H28N2O2/c1-20(23,19-8-5-15-24-19)16-21-18-10-13-22(14-11-18)12-9-17-6-3-2-4-7-17/h2-8,15,18,21,23H,9-14,16H2,1H3. The lowest BCUT2D eigenvalue weighted by atomic mass is 10.00. The van der Waals surface area contributed by atoms with Crippen molar-refractivity contribution >= 4 is 0 Å². The zero-order valence-corrected chi connectivity index (χ0v) is 14.4. The first-order valence-corrected chi connectivity index (χ1v) is 8.89. The summed E-state index contributed by atoms with van der Waals surface area (Å²) < 4.78 is 5.33. The van der Waals surface area contributed by atoms with Crippen molar-refractivity contribution in [2.24, 2.45) is 0 Å². The second-order valence-electron chi connectivity index (χ2n) is 6.98. The van der Waals surface area contributed by atoms with E-state index in [2.05, 4.69) is 40.5 Å². The van der Waals surface area contributed by atoms with Gasteiger partial charge >= 0.3 is 0 Å². The van der Waals surface area contributed by atoms with Crippen molar-refractivity contribution in [3.63, 3.8) is 0 Å². The van der Waals surface area contributed by atoms with Gasteiger partial charge in [-0.05, 0) is 57.0 Å². The second-order valence-corrected chi connectivity index (χ2v) is 6.98. The molecular formula is C20H28N2O2. The summed E-state index contributed by atoms with van der Waals surface area (Å²) in [4.78, 5) is 2.54. The quantitative estimate of drug-likeness (QED) is 0.820. The summed E-state index contributed by atoms with van der Waals surface area (Å²) in [7, 11) is 0. The highest BCUT2D eigenvalue weighted by Crippen LogP contribution is 2.21. The van der Waals surface area contributed by atoms with E-state index in [0.29, 0.717) is 18.3 Å². The van der Waals surface area contributed by atoms with Gasteiger partial charge in [0, 0.05) is 19.1 Å². The van der Waals surface area contributed by atoms with Crippen LogP contribution in [0.3, 0.4) is 0 Å². The third-order valence-electron chi connectivity index (χ3n) is 4.93. The van der Waals surface area contributed by atoms with Crippen LogP contribution < -0.4 is 5.32 Å². The molecule has 4 heteroatoms. The molecule has 1 fully saturated rings. The van der Waals surface area contributed by atoms with E-state index in [1.807, 2.05) is 12.1 Å². The summed E-state index contributed by atoms with van der Waals surface area (Å²) in [6.45, 7) is 5.69. The Labute approximate surface area is 144 Å². The topological polar surface area (TPSA) is 48.6 Å². The number of nitrogens with one attached hydrogen (secondary N) is 1. The molecule has 0 radical (unpaired) electrons. The van der Waals surface area contributed by atoms with Gasteiger partial charge < -0.3 is 19.7 Å². The molecule has 1 atom stereocenters. The Morgan fingerprint density at radius 2 is 1.92 bits per heavy atom. The van der Waals surface area contributed by atoms with Gasteiger partial charge in [-0.2, -0.15) is 0 Å². The van der Waals surface area contributed by atoms with Crippen molar-refractivity contribution in [2.75, 3.05) is 26.2 Å². The number of piperidine rings is 1. The first kappa shape index (κ1) is 17.2. The third kappa shape index (κ3) is 4.69. The number of hydrogen-bond acceptors (Lipinski definition) is 4. The molecule has 1 saturated heterocycles. The van der Waals surface area contributed by atoms with Gasteiger partial charge in [0.2, 0.25) is 0 Å². The van der Waals surface area contributed by atoms with E-state index in [-0.39, 0.29) is 0 Å². The first-order valence-electron chi connectivity index (χ1n) is 8.89. The summed E-state index contributed by atoms with van der Waals surface area (Å²) in [6, 6.07) is 14.8. The normalized spacial score (nSPS) is 19.2. The highest BCUT2D eigenvalue weighted by Gasteiger charge is 2.28. The van der Waals surface area contributed by atoms with E-state index in [0.717, 1.165) is 38.9 Å². The number of benzene rings is 1. The molecular weight excluding hydrogens is 300 g/mol. The molecule has 0 spiro atoms. The summed E-state index contributed by atoms with van der Waals surface area (Å²) in [5.41, 5.74) is 0.459. The number of rotatable bonds is 7. The lowest BCUT2D eigenvalue weighted by Crippen LogP contribution is -2.46. The van der Waals surface area contributed by atoms with Crippen LogP contribution in [0.2, 0.25) is 0 Å². The highest BCUT2D eigenvalue weighted by atomic mass is 16.4. The van der Waals surface area contributed by atoms with Gasteiger partial charge in [-0.15, -0.1) is 0 Å². The minimum absolute atomic E-state index is 0.472. The van der Waals surface area contributed by atoms with Crippen LogP contribution in [0.5, 0.6) is 0 Å². The number of aliphatic hydroxyl groups is 1. The fourth-order valence-electron chi connectivity index (χ4n) is 3.31. The number of likely N-dealkylation sites (tertiary alicyclic amines) is 1. The Balaban J connectivity index is 1.38. The molecule has 24 heavy (non-hydrogen) atoms. The van der Waals surface area contributed by atoms with Crippen LogP contribution in [0.15, 0.2) is 53.1 Å². The van der Waals surface area contributed by atoms with Crippen molar-refractivity contribution in [3.05, 3.63) is 60.1 Å². The van der Waals surface area contributed by atoms with E-state index >= 15 is 0 Å². The maximum Gasteiger partial charge on any atom is 0.136 e. The molecule has 2 heterocycles. The van der Waals surface area contributed by atoms with Gasteiger partial charge in [-0.1, -0.05) is 30.3 Å². The van der Waals surface area contributed by atoms with Crippen LogP contribution in [0.1, 0.15) is 31.1 Å². The zero-order valence-electron chi connectivity index (χ0n) is 14.4. The second kappa shape index (κ2) is 7.97. The molecule has 1 aromatic carbocycles. The molecule has 2 aromatic rings. The predicted molar refractivity (Wildman–Crippen MR) is 95.9 cm³/mol. The molecule has 1 aromatic heterocycles. The molecule has 0 amide bonds. The van der Waals surface area contributed by atoms with Crippen molar-refractivity contribution in [1.82, 2.24) is 10.2 Å². The van der Waals surface area contributed by atoms with E-state index in [4.69, 9.17) is 4.42 Å². The van der Waals surface area contributed by atoms with Crippen molar-refractivity contribution in [3.8, 4) is 0 Å². The molecule has 0 aliphatic carbocycles. The van der Waals surface area contributed by atoms with Crippen LogP contribution >= 0.6 is 0 Å². The fourth-order valence-corrected chi connectivity index (χ4v) is 3.31.